The van der Waals surface area contributed by atoms with Crippen LogP contribution in [0.4, 0.5) is 0 Å². The number of rotatable bonds is 9. The number of carbonyl (C=O) groups is 1. The maximum absolute atomic E-state index is 13.2. The standard InChI is InChI=1S/C23H31NO5/c1-2-7-21(26)24(12-13-25)14-18-16-29-20-11-6-10-19(22(20)23(18)27)28-15-17-8-4-3-5-9-17/h6,10-11,16-17,25H,2-5,7-9,12-15H2,1H3. The van der Waals surface area contributed by atoms with Gasteiger partial charge in [-0.25, -0.2) is 0 Å². The second kappa shape index (κ2) is 10.4. The largest absolute Gasteiger partial charge is 0.492 e. The fourth-order valence-electron chi connectivity index (χ4n) is 3.96. The molecule has 1 aromatic heterocycles. The summed E-state index contributed by atoms with van der Waals surface area (Å²) in [5.74, 6) is 0.987. The Morgan fingerprint density at radius 3 is 2.79 bits per heavy atom. The molecule has 0 atom stereocenters. The van der Waals surface area contributed by atoms with Gasteiger partial charge in [-0.15, -0.1) is 0 Å². The molecule has 0 saturated heterocycles. The van der Waals surface area contributed by atoms with Crippen LogP contribution in [0.3, 0.4) is 0 Å². The third-order valence-corrected chi connectivity index (χ3v) is 5.58. The second-order valence-corrected chi connectivity index (χ2v) is 7.82. The molecule has 0 radical (unpaired) electrons. The normalized spacial score (nSPS) is 14.8. The molecular weight excluding hydrogens is 370 g/mol. The topological polar surface area (TPSA) is 80.0 Å². The zero-order chi connectivity index (χ0) is 20.6. The summed E-state index contributed by atoms with van der Waals surface area (Å²) >= 11 is 0. The van der Waals surface area contributed by atoms with Crippen molar-refractivity contribution in [2.45, 2.75) is 58.4 Å². The predicted octanol–water partition coefficient (Wildman–Crippen LogP) is 3.87. The minimum absolute atomic E-state index is 0.0807. The molecule has 1 amide bonds. The van der Waals surface area contributed by atoms with Crippen LogP contribution >= 0.6 is 0 Å². The molecule has 158 valence electrons. The van der Waals surface area contributed by atoms with Crippen LogP contribution in [-0.2, 0) is 11.3 Å². The highest BCUT2D eigenvalue weighted by Gasteiger charge is 2.19. The number of ether oxygens (including phenoxy) is 1. The summed E-state index contributed by atoms with van der Waals surface area (Å²) in [6.07, 6.45) is 8.62. The summed E-state index contributed by atoms with van der Waals surface area (Å²) in [5.41, 5.74) is 0.690. The number of nitrogens with zero attached hydrogens (tertiary/aromatic N) is 1. The lowest BCUT2D eigenvalue weighted by atomic mass is 9.90. The predicted molar refractivity (Wildman–Crippen MR) is 112 cm³/mol. The van der Waals surface area contributed by atoms with Crippen LogP contribution < -0.4 is 10.2 Å². The van der Waals surface area contributed by atoms with Gasteiger partial charge in [0, 0.05) is 13.0 Å². The van der Waals surface area contributed by atoms with Gasteiger partial charge < -0.3 is 19.2 Å². The van der Waals surface area contributed by atoms with E-state index in [2.05, 4.69) is 0 Å². The Labute approximate surface area is 171 Å². The first-order valence-electron chi connectivity index (χ1n) is 10.7. The van der Waals surface area contributed by atoms with E-state index in [4.69, 9.17) is 9.15 Å². The Hall–Kier alpha value is -2.34. The van der Waals surface area contributed by atoms with Crippen molar-refractivity contribution < 1.29 is 19.1 Å². The average Bonchev–Trinajstić information content (AvgIpc) is 2.74. The second-order valence-electron chi connectivity index (χ2n) is 7.82. The number of benzene rings is 1. The monoisotopic (exact) mass is 401 g/mol. The Balaban J connectivity index is 1.84. The van der Waals surface area contributed by atoms with Crippen LogP contribution in [0, 0.1) is 5.92 Å². The summed E-state index contributed by atoms with van der Waals surface area (Å²) < 4.78 is 11.7. The fourth-order valence-corrected chi connectivity index (χ4v) is 3.96. The highest BCUT2D eigenvalue weighted by Crippen LogP contribution is 2.27. The Kier molecular flexibility index (Phi) is 7.69. The summed E-state index contributed by atoms with van der Waals surface area (Å²) in [5, 5.41) is 9.72. The van der Waals surface area contributed by atoms with E-state index in [0.29, 0.717) is 47.6 Å². The van der Waals surface area contributed by atoms with Gasteiger partial charge in [0.2, 0.25) is 11.3 Å². The minimum atomic E-state index is -0.183. The number of hydrogen-bond donors (Lipinski definition) is 1. The highest BCUT2D eigenvalue weighted by molar-refractivity contribution is 5.84. The minimum Gasteiger partial charge on any atom is -0.492 e. The molecular formula is C23H31NO5. The van der Waals surface area contributed by atoms with Crippen molar-refractivity contribution in [1.82, 2.24) is 4.90 Å². The van der Waals surface area contributed by atoms with Gasteiger partial charge in [-0.1, -0.05) is 32.3 Å². The van der Waals surface area contributed by atoms with Gasteiger partial charge in [-0.2, -0.15) is 0 Å². The summed E-state index contributed by atoms with van der Waals surface area (Å²) in [6, 6.07) is 5.38. The zero-order valence-electron chi connectivity index (χ0n) is 17.2. The number of hydrogen-bond acceptors (Lipinski definition) is 5. The molecule has 6 nitrogen and oxygen atoms in total. The molecule has 1 saturated carbocycles. The van der Waals surface area contributed by atoms with E-state index in [0.717, 1.165) is 0 Å². The maximum Gasteiger partial charge on any atom is 0.222 e. The quantitative estimate of drug-likeness (QED) is 0.690. The van der Waals surface area contributed by atoms with Crippen molar-refractivity contribution in [3.8, 4) is 5.75 Å². The van der Waals surface area contributed by atoms with Gasteiger partial charge in [0.25, 0.3) is 0 Å². The Morgan fingerprint density at radius 2 is 2.07 bits per heavy atom. The fraction of sp³-hybridized carbons (Fsp3) is 0.565. The van der Waals surface area contributed by atoms with Crippen molar-refractivity contribution >= 4 is 16.9 Å². The van der Waals surface area contributed by atoms with Gasteiger partial charge in [0.05, 0.1) is 31.6 Å². The van der Waals surface area contributed by atoms with E-state index in [1.807, 2.05) is 13.0 Å². The molecule has 1 aliphatic carbocycles. The molecule has 1 aliphatic rings. The van der Waals surface area contributed by atoms with Crippen molar-refractivity contribution in [1.29, 1.82) is 0 Å². The number of fused-ring (bicyclic) bond motifs is 1. The van der Waals surface area contributed by atoms with Crippen LogP contribution in [0.15, 0.2) is 33.7 Å². The SMILES string of the molecule is CCCC(=O)N(CCO)Cc1coc2cccc(OCC3CCCCC3)c2c1=O. The summed E-state index contributed by atoms with van der Waals surface area (Å²) in [4.78, 5) is 27.0. The molecule has 6 heteroatoms. The van der Waals surface area contributed by atoms with E-state index in [1.165, 1.54) is 43.3 Å². The molecule has 0 bridgehead atoms. The summed E-state index contributed by atoms with van der Waals surface area (Å²) in [7, 11) is 0. The number of aliphatic hydroxyl groups excluding tert-OH is 1. The lowest BCUT2D eigenvalue weighted by Gasteiger charge is -2.22. The van der Waals surface area contributed by atoms with Crippen LogP contribution in [0.5, 0.6) is 5.75 Å². The lowest BCUT2D eigenvalue weighted by Crippen LogP contribution is -2.34. The van der Waals surface area contributed by atoms with Crippen molar-refractivity contribution in [2.24, 2.45) is 5.92 Å². The van der Waals surface area contributed by atoms with Crippen molar-refractivity contribution in [2.75, 3.05) is 19.8 Å². The van der Waals surface area contributed by atoms with E-state index in [-0.39, 0.29) is 31.0 Å². The molecule has 2 aromatic rings. The van der Waals surface area contributed by atoms with Gasteiger partial charge in [0.1, 0.15) is 16.7 Å². The van der Waals surface area contributed by atoms with E-state index in [9.17, 15) is 14.7 Å². The van der Waals surface area contributed by atoms with Gasteiger partial charge >= 0.3 is 0 Å². The van der Waals surface area contributed by atoms with Crippen molar-refractivity contribution in [3.63, 3.8) is 0 Å². The molecule has 1 N–H and O–H groups in total. The number of amides is 1. The number of aliphatic hydroxyl groups is 1. The molecule has 0 aliphatic heterocycles. The smallest absolute Gasteiger partial charge is 0.222 e. The highest BCUT2D eigenvalue weighted by atomic mass is 16.5. The molecule has 0 spiro atoms. The maximum atomic E-state index is 13.2. The third-order valence-electron chi connectivity index (χ3n) is 5.58. The van der Waals surface area contributed by atoms with Crippen molar-refractivity contribution in [3.05, 3.63) is 40.2 Å². The number of carbonyl (C=O) groups excluding carboxylic acids is 1. The molecule has 1 fully saturated rings. The van der Waals surface area contributed by atoms with E-state index in [1.54, 1.807) is 12.1 Å². The lowest BCUT2D eigenvalue weighted by molar-refractivity contribution is -0.132. The first-order chi connectivity index (χ1) is 14.1. The van der Waals surface area contributed by atoms with Crippen LogP contribution in [0.25, 0.3) is 11.0 Å². The Bertz CT molecular complexity index is 869. The van der Waals surface area contributed by atoms with Crippen LogP contribution in [0.2, 0.25) is 0 Å². The third kappa shape index (κ3) is 5.38. The van der Waals surface area contributed by atoms with E-state index < -0.39 is 0 Å². The van der Waals surface area contributed by atoms with Crippen LogP contribution in [-0.4, -0.2) is 35.7 Å². The zero-order valence-corrected chi connectivity index (χ0v) is 17.2. The summed E-state index contributed by atoms with van der Waals surface area (Å²) in [6.45, 7) is 2.69. The van der Waals surface area contributed by atoms with E-state index >= 15 is 0 Å². The molecule has 1 heterocycles. The average molecular weight is 402 g/mol. The van der Waals surface area contributed by atoms with Gasteiger partial charge in [-0.05, 0) is 37.3 Å². The van der Waals surface area contributed by atoms with Gasteiger partial charge in [0.15, 0.2) is 0 Å². The first-order valence-corrected chi connectivity index (χ1v) is 10.7. The molecule has 29 heavy (non-hydrogen) atoms. The molecule has 0 unspecified atom stereocenters. The van der Waals surface area contributed by atoms with Gasteiger partial charge in [-0.3, -0.25) is 9.59 Å². The first kappa shape index (κ1) is 21.4. The Morgan fingerprint density at radius 1 is 1.28 bits per heavy atom. The molecule has 3 rings (SSSR count). The molecule has 1 aromatic carbocycles. The van der Waals surface area contributed by atoms with Crippen LogP contribution in [0.1, 0.15) is 57.4 Å².